The molecule has 0 aromatic carbocycles. The Labute approximate surface area is 125 Å². The van der Waals surface area contributed by atoms with Crippen molar-refractivity contribution in [3.8, 4) is 0 Å². The third kappa shape index (κ3) is 1.91. The molecule has 1 nitrogen and oxygen atoms in total. The summed E-state index contributed by atoms with van der Waals surface area (Å²) in [4.78, 5) is 0. The van der Waals surface area contributed by atoms with Crippen LogP contribution in [0.25, 0.3) is 0 Å². The first-order valence-electron chi connectivity index (χ1n) is 9.19. The normalized spacial score (nSPS) is 52.0. The van der Waals surface area contributed by atoms with E-state index in [9.17, 15) is 0 Å². The summed E-state index contributed by atoms with van der Waals surface area (Å²) in [6.07, 6.45) is 13.7. The average molecular weight is 275 g/mol. The van der Waals surface area contributed by atoms with Crippen molar-refractivity contribution in [2.75, 3.05) is 6.54 Å². The van der Waals surface area contributed by atoms with Gasteiger partial charge in [0, 0.05) is 6.04 Å². The molecular weight excluding hydrogens is 242 g/mol. The highest BCUT2D eigenvalue weighted by molar-refractivity contribution is 5.14. The van der Waals surface area contributed by atoms with Crippen LogP contribution in [0.5, 0.6) is 0 Å². The van der Waals surface area contributed by atoms with Gasteiger partial charge in [0.2, 0.25) is 0 Å². The molecule has 0 radical (unpaired) electrons. The van der Waals surface area contributed by atoms with Crippen LogP contribution >= 0.6 is 0 Å². The first-order valence-corrected chi connectivity index (χ1v) is 9.19. The minimum atomic E-state index is 0.657. The van der Waals surface area contributed by atoms with Gasteiger partial charge in [0.1, 0.15) is 0 Å². The van der Waals surface area contributed by atoms with Gasteiger partial charge >= 0.3 is 0 Å². The van der Waals surface area contributed by atoms with Gasteiger partial charge < -0.3 is 5.32 Å². The van der Waals surface area contributed by atoms with Crippen LogP contribution < -0.4 is 5.32 Å². The summed E-state index contributed by atoms with van der Waals surface area (Å²) >= 11 is 0. The second-order valence-corrected chi connectivity index (χ2v) is 9.72. The molecule has 0 amide bonds. The lowest BCUT2D eigenvalue weighted by molar-refractivity contribution is -0.167. The molecule has 0 heterocycles. The van der Waals surface area contributed by atoms with E-state index < -0.39 is 0 Å². The summed E-state index contributed by atoms with van der Waals surface area (Å²) < 4.78 is 0. The molecule has 3 atom stereocenters. The van der Waals surface area contributed by atoms with Crippen LogP contribution in [0.4, 0.5) is 0 Å². The second-order valence-electron chi connectivity index (χ2n) is 9.72. The molecule has 1 heteroatoms. The molecule has 5 aliphatic carbocycles. The third-order valence-corrected chi connectivity index (χ3v) is 7.37. The Morgan fingerprint density at radius 3 is 2.10 bits per heavy atom. The summed E-state index contributed by atoms with van der Waals surface area (Å²) in [5, 5.41) is 3.98. The standard InChI is InChI=1S/C19H33N/c1-4-20-16(15-6-5-7-15)19-10-14-8-17(2,12-19)11-18(3,9-14)13-19/h14-16,20H,4-13H2,1-3H3. The molecule has 0 aromatic rings. The van der Waals surface area contributed by atoms with Crippen LogP contribution in [-0.2, 0) is 0 Å². The highest BCUT2D eigenvalue weighted by Crippen LogP contribution is 2.71. The van der Waals surface area contributed by atoms with Gasteiger partial charge in [-0.15, -0.1) is 0 Å². The van der Waals surface area contributed by atoms with Gasteiger partial charge in [0.25, 0.3) is 0 Å². The van der Waals surface area contributed by atoms with E-state index in [4.69, 9.17) is 0 Å². The predicted octanol–water partition coefficient (Wildman–Crippen LogP) is 4.76. The predicted molar refractivity (Wildman–Crippen MR) is 84.6 cm³/mol. The van der Waals surface area contributed by atoms with Gasteiger partial charge in [-0.3, -0.25) is 0 Å². The fourth-order valence-corrected chi connectivity index (χ4v) is 7.76. The van der Waals surface area contributed by atoms with E-state index in [1.807, 2.05) is 0 Å². The maximum Gasteiger partial charge on any atom is 0.0152 e. The summed E-state index contributed by atoms with van der Waals surface area (Å²) in [5.41, 5.74) is 2.00. The lowest BCUT2D eigenvalue weighted by atomic mass is 9.38. The van der Waals surface area contributed by atoms with Gasteiger partial charge in [0.15, 0.2) is 0 Å². The maximum absolute atomic E-state index is 3.98. The van der Waals surface area contributed by atoms with Crippen molar-refractivity contribution in [1.29, 1.82) is 0 Å². The summed E-state index contributed by atoms with van der Waals surface area (Å²) in [6, 6.07) is 0.836. The van der Waals surface area contributed by atoms with Crippen LogP contribution in [0.2, 0.25) is 0 Å². The van der Waals surface area contributed by atoms with Gasteiger partial charge in [-0.2, -0.15) is 0 Å². The molecule has 5 saturated carbocycles. The monoisotopic (exact) mass is 275 g/mol. The molecule has 0 saturated heterocycles. The Morgan fingerprint density at radius 2 is 1.65 bits per heavy atom. The van der Waals surface area contributed by atoms with E-state index in [-0.39, 0.29) is 0 Å². The van der Waals surface area contributed by atoms with E-state index in [0.717, 1.165) is 17.9 Å². The van der Waals surface area contributed by atoms with Crippen molar-refractivity contribution < 1.29 is 0 Å². The smallest absolute Gasteiger partial charge is 0.0152 e. The van der Waals surface area contributed by atoms with Gasteiger partial charge in [-0.05, 0) is 86.0 Å². The molecule has 3 unspecified atom stereocenters. The second kappa shape index (κ2) is 4.24. The van der Waals surface area contributed by atoms with Gasteiger partial charge in [0.05, 0.1) is 0 Å². The van der Waals surface area contributed by atoms with E-state index in [1.165, 1.54) is 57.9 Å². The van der Waals surface area contributed by atoms with Crippen molar-refractivity contribution in [3.05, 3.63) is 0 Å². The van der Waals surface area contributed by atoms with Crippen LogP contribution in [0.15, 0.2) is 0 Å². The topological polar surface area (TPSA) is 12.0 Å². The number of hydrogen-bond donors (Lipinski definition) is 1. The summed E-state index contributed by atoms with van der Waals surface area (Å²) in [5.74, 6) is 2.04. The lowest BCUT2D eigenvalue weighted by Crippen LogP contribution is -2.63. The van der Waals surface area contributed by atoms with Crippen molar-refractivity contribution in [2.45, 2.75) is 84.6 Å². The van der Waals surface area contributed by atoms with Crippen LogP contribution in [0.1, 0.15) is 78.6 Å². The molecule has 5 aliphatic rings. The van der Waals surface area contributed by atoms with E-state index in [2.05, 4.69) is 26.1 Å². The van der Waals surface area contributed by atoms with E-state index >= 15 is 0 Å². The van der Waals surface area contributed by atoms with E-state index in [0.29, 0.717) is 16.2 Å². The maximum atomic E-state index is 3.98. The fourth-order valence-electron chi connectivity index (χ4n) is 7.76. The highest BCUT2D eigenvalue weighted by atomic mass is 15.0. The summed E-state index contributed by atoms with van der Waals surface area (Å²) in [6.45, 7) is 8.72. The highest BCUT2D eigenvalue weighted by Gasteiger charge is 2.62. The lowest BCUT2D eigenvalue weighted by Gasteiger charge is -2.68. The largest absolute Gasteiger partial charge is 0.313 e. The third-order valence-electron chi connectivity index (χ3n) is 7.37. The zero-order valence-corrected chi connectivity index (χ0v) is 13.8. The quantitative estimate of drug-likeness (QED) is 0.780. The molecule has 5 fully saturated rings. The fraction of sp³-hybridized carbons (Fsp3) is 1.00. The molecule has 5 rings (SSSR count). The molecule has 0 aliphatic heterocycles. The van der Waals surface area contributed by atoms with Crippen molar-refractivity contribution >= 4 is 0 Å². The molecule has 20 heavy (non-hydrogen) atoms. The Hall–Kier alpha value is -0.0400. The molecule has 114 valence electrons. The minimum Gasteiger partial charge on any atom is -0.313 e. The molecule has 1 N–H and O–H groups in total. The number of hydrogen-bond acceptors (Lipinski definition) is 1. The van der Waals surface area contributed by atoms with Crippen LogP contribution in [0, 0.1) is 28.1 Å². The molecule has 0 spiro atoms. The summed E-state index contributed by atoms with van der Waals surface area (Å²) in [7, 11) is 0. The SMILES string of the molecule is CCNC(C1CCC1)C12CC3CC(C)(CC(C)(C3)C1)C2. The van der Waals surface area contributed by atoms with Gasteiger partial charge in [-0.25, -0.2) is 0 Å². The zero-order valence-electron chi connectivity index (χ0n) is 13.8. The van der Waals surface area contributed by atoms with E-state index in [1.54, 1.807) is 6.42 Å². The van der Waals surface area contributed by atoms with Crippen molar-refractivity contribution in [2.24, 2.45) is 28.1 Å². The Balaban J connectivity index is 1.68. The minimum absolute atomic E-state index is 0.657. The van der Waals surface area contributed by atoms with Gasteiger partial charge in [-0.1, -0.05) is 27.2 Å². The van der Waals surface area contributed by atoms with Crippen LogP contribution in [-0.4, -0.2) is 12.6 Å². The Bertz CT molecular complexity index is 379. The first-order chi connectivity index (χ1) is 9.46. The Kier molecular flexibility index (Phi) is 2.89. The number of nitrogens with one attached hydrogen (secondary N) is 1. The molecular formula is C19H33N. The number of rotatable bonds is 4. The Morgan fingerprint density at radius 1 is 1.00 bits per heavy atom. The van der Waals surface area contributed by atoms with Crippen molar-refractivity contribution in [1.82, 2.24) is 5.32 Å². The first kappa shape index (κ1) is 13.6. The molecule has 4 bridgehead atoms. The average Bonchev–Trinajstić information content (AvgIpc) is 2.20. The van der Waals surface area contributed by atoms with Crippen LogP contribution in [0.3, 0.4) is 0 Å². The zero-order chi connectivity index (χ0) is 14.0. The molecule has 0 aromatic heterocycles. The van der Waals surface area contributed by atoms with Crippen molar-refractivity contribution in [3.63, 3.8) is 0 Å².